The molecule has 0 radical (unpaired) electrons. The average Bonchev–Trinajstić information content (AvgIpc) is 3.68. The zero-order valence-corrected chi connectivity index (χ0v) is 32.0. The molecule has 1 aliphatic heterocycles. The Labute approximate surface area is 323 Å². The van der Waals surface area contributed by atoms with E-state index in [0.717, 1.165) is 46.5 Å². The molecule has 0 saturated carbocycles. The van der Waals surface area contributed by atoms with Crippen molar-refractivity contribution in [3.05, 3.63) is 95.8 Å². The molecule has 12 nitrogen and oxygen atoms in total. The topological polar surface area (TPSA) is 172 Å². The molecule has 0 saturated heterocycles. The molecule has 2 aromatic carbocycles. The Bertz CT molecular complexity index is 1890. The highest BCUT2D eigenvalue weighted by molar-refractivity contribution is 7.99. The van der Waals surface area contributed by atoms with Gasteiger partial charge in [-0.15, -0.1) is 0 Å². The van der Waals surface area contributed by atoms with Gasteiger partial charge in [0.05, 0.1) is 18.3 Å². The molecule has 4 amide bonds. The number of carbonyl (C=O) groups excluding carboxylic acids is 5. The minimum Gasteiger partial charge on any atom is -0.480 e. The molecule has 0 fully saturated rings. The zero-order valence-electron chi connectivity index (χ0n) is 31.1. The number of nitrogens with zero attached hydrogens (tertiary/aromatic N) is 3. The van der Waals surface area contributed by atoms with Crippen LogP contribution >= 0.6 is 11.8 Å². The molecular formula is C40H47F2N5O7S. The van der Waals surface area contributed by atoms with E-state index < -0.39 is 65.2 Å². The molecule has 55 heavy (non-hydrogen) atoms. The predicted octanol–water partition coefficient (Wildman–Crippen LogP) is 4.71. The standard InChI is InChI=1S/C40H47F2N5O7S/c1-40(2,3)38(33-20-27(30-21-28(41)10-12-31(30)42)23-45(33)22-26-8-5-4-6-9-26)46(18-7-17-43)37(52)25-55-19-16-34(49)44-32(39(53)54)13-11-29(48)24-47-35(50)14-15-36(47)51/h4-6,8-10,12,14-15,20-21,23,32,38H,7,11,13,16-19,22,24-25,43H2,1-3H3,(H,44,49)(H,53,54)/t32-,38+/m1/s1. The fraction of sp³-hybridized carbons (Fsp3) is 0.400. The number of nitrogens with two attached hydrogens (primary N) is 1. The number of imide groups is 1. The van der Waals surface area contributed by atoms with Crippen molar-refractivity contribution in [2.45, 2.75) is 65.1 Å². The number of ketones is 1. The number of amides is 4. The van der Waals surface area contributed by atoms with E-state index >= 15 is 4.39 Å². The summed E-state index contributed by atoms with van der Waals surface area (Å²) >= 11 is 1.20. The van der Waals surface area contributed by atoms with E-state index in [1.807, 2.05) is 55.7 Å². The summed E-state index contributed by atoms with van der Waals surface area (Å²) in [5.41, 5.74) is 7.61. The van der Waals surface area contributed by atoms with Crippen LogP contribution in [0, 0.1) is 17.0 Å². The van der Waals surface area contributed by atoms with Crippen molar-refractivity contribution < 1.29 is 42.7 Å². The van der Waals surface area contributed by atoms with Gasteiger partial charge < -0.3 is 25.6 Å². The third-order valence-corrected chi connectivity index (χ3v) is 9.92. The second-order valence-corrected chi connectivity index (χ2v) is 15.4. The maximum absolute atomic E-state index is 15.1. The van der Waals surface area contributed by atoms with Crippen LogP contribution < -0.4 is 11.1 Å². The van der Waals surface area contributed by atoms with E-state index in [1.54, 1.807) is 17.2 Å². The van der Waals surface area contributed by atoms with Crippen molar-refractivity contribution in [1.82, 2.24) is 19.7 Å². The third-order valence-electron chi connectivity index (χ3n) is 8.98. The maximum atomic E-state index is 15.1. The van der Waals surface area contributed by atoms with Gasteiger partial charge in [-0.2, -0.15) is 11.8 Å². The van der Waals surface area contributed by atoms with Crippen molar-refractivity contribution in [2.24, 2.45) is 11.1 Å². The number of nitrogens with one attached hydrogen (secondary N) is 1. The fourth-order valence-corrected chi connectivity index (χ4v) is 7.16. The van der Waals surface area contributed by atoms with Crippen LogP contribution in [0.3, 0.4) is 0 Å². The largest absolute Gasteiger partial charge is 0.480 e. The summed E-state index contributed by atoms with van der Waals surface area (Å²) in [7, 11) is 0. The summed E-state index contributed by atoms with van der Waals surface area (Å²) in [4.78, 5) is 76.9. The van der Waals surface area contributed by atoms with Gasteiger partial charge in [0.1, 0.15) is 17.7 Å². The molecule has 4 N–H and O–H groups in total. The Morgan fingerprint density at radius 2 is 1.67 bits per heavy atom. The third kappa shape index (κ3) is 11.9. The van der Waals surface area contributed by atoms with Crippen LogP contribution in [0.25, 0.3) is 11.1 Å². The highest BCUT2D eigenvalue weighted by Crippen LogP contribution is 2.41. The molecule has 2 heterocycles. The first-order chi connectivity index (χ1) is 26.1. The number of hydrogen-bond acceptors (Lipinski definition) is 8. The van der Waals surface area contributed by atoms with Gasteiger partial charge in [0.2, 0.25) is 11.8 Å². The molecule has 2 atom stereocenters. The van der Waals surface area contributed by atoms with Crippen molar-refractivity contribution in [3.8, 4) is 11.1 Å². The molecule has 0 bridgehead atoms. The highest BCUT2D eigenvalue weighted by Gasteiger charge is 2.37. The van der Waals surface area contributed by atoms with Crippen LogP contribution in [-0.2, 0) is 35.3 Å². The summed E-state index contributed by atoms with van der Waals surface area (Å²) in [6.45, 7) is 6.54. The number of carboxylic acid groups (broad SMARTS) is 1. The fourth-order valence-electron chi connectivity index (χ4n) is 6.35. The molecule has 4 rings (SSSR count). The SMILES string of the molecule is CC(C)(C)[C@H](c1cc(-c2cc(F)ccc2F)cn1Cc1ccccc1)N(CCCN)C(=O)CSCCC(=O)N[C@H](CCC(=O)CN1C(=O)C=CC1=O)C(=O)O. The predicted molar refractivity (Wildman–Crippen MR) is 205 cm³/mol. The Morgan fingerprint density at radius 3 is 2.31 bits per heavy atom. The summed E-state index contributed by atoms with van der Waals surface area (Å²) in [6, 6.07) is 12.8. The number of carbonyl (C=O) groups is 6. The van der Waals surface area contributed by atoms with Gasteiger partial charge >= 0.3 is 5.97 Å². The molecular weight excluding hydrogens is 733 g/mol. The lowest BCUT2D eigenvalue weighted by atomic mass is 9.83. The van der Waals surface area contributed by atoms with E-state index in [0.29, 0.717) is 31.6 Å². The normalized spacial score (nSPS) is 13.9. The first-order valence-corrected chi connectivity index (χ1v) is 19.1. The molecule has 294 valence electrons. The van der Waals surface area contributed by atoms with E-state index in [2.05, 4.69) is 5.32 Å². The average molecular weight is 780 g/mol. The van der Waals surface area contributed by atoms with E-state index in [4.69, 9.17) is 5.73 Å². The van der Waals surface area contributed by atoms with E-state index in [1.165, 1.54) is 11.8 Å². The van der Waals surface area contributed by atoms with Gasteiger partial charge in [-0.25, -0.2) is 13.6 Å². The smallest absolute Gasteiger partial charge is 0.326 e. The Balaban J connectivity index is 1.45. The minimum absolute atomic E-state index is 0.00509. The first kappa shape index (κ1) is 42.6. The molecule has 0 spiro atoms. The lowest BCUT2D eigenvalue weighted by Gasteiger charge is -2.41. The zero-order chi connectivity index (χ0) is 40.3. The second-order valence-electron chi connectivity index (χ2n) is 14.3. The van der Waals surface area contributed by atoms with Gasteiger partial charge in [-0.05, 0) is 54.6 Å². The van der Waals surface area contributed by atoms with Gasteiger partial charge in [-0.3, -0.25) is 28.9 Å². The first-order valence-electron chi connectivity index (χ1n) is 17.9. The summed E-state index contributed by atoms with van der Waals surface area (Å²) in [5.74, 6) is -4.92. The van der Waals surface area contributed by atoms with Crippen LogP contribution in [-0.4, -0.2) is 92.0 Å². The molecule has 1 aromatic heterocycles. The van der Waals surface area contributed by atoms with Crippen LogP contribution in [0.15, 0.2) is 72.9 Å². The Kier molecular flexibility index (Phi) is 15.1. The number of hydrogen-bond donors (Lipinski definition) is 3. The number of Topliss-reactive ketones (excluding diaryl/α,β-unsaturated/α-hetero) is 1. The van der Waals surface area contributed by atoms with E-state index in [9.17, 15) is 38.3 Å². The minimum atomic E-state index is -1.37. The van der Waals surface area contributed by atoms with Crippen LogP contribution in [0.2, 0.25) is 0 Å². The van der Waals surface area contributed by atoms with Gasteiger partial charge in [0.15, 0.2) is 5.78 Å². The van der Waals surface area contributed by atoms with Gasteiger partial charge in [0, 0.05) is 66.9 Å². The quantitative estimate of drug-likeness (QED) is 0.109. The van der Waals surface area contributed by atoms with Crippen molar-refractivity contribution in [3.63, 3.8) is 0 Å². The number of halogens is 2. The summed E-state index contributed by atoms with van der Waals surface area (Å²) in [6.07, 6.45) is 3.73. The number of carboxylic acids is 1. The van der Waals surface area contributed by atoms with E-state index in [-0.39, 0.29) is 42.2 Å². The number of rotatable bonds is 20. The van der Waals surface area contributed by atoms with Crippen LogP contribution in [0.1, 0.15) is 63.8 Å². The monoisotopic (exact) mass is 779 g/mol. The van der Waals surface area contributed by atoms with Gasteiger partial charge in [0.25, 0.3) is 11.8 Å². The van der Waals surface area contributed by atoms with Crippen molar-refractivity contribution in [2.75, 3.05) is 31.1 Å². The van der Waals surface area contributed by atoms with Crippen molar-refractivity contribution in [1.29, 1.82) is 0 Å². The molecule has 1 aliphatic rings. The number of aliphatic carboxylic acids is 1. The molecule has 15 heteroatoms. The number of thioether (sulfide) groups is 1. The van der Waals surface area contributed by atoms with Crippen LogP contribution in [0.5, 0.6) is 0 Å². The van der Waals surface area contributed by atoms with Gasteiger partial charge in [-0.1, -0.05) is 51.1 Å². The van der Waals surface area contributed by atoms with Crippen LogP contribution in [0.4, 0.5) is 8.78 Å². The van der Waals surface area contributed by atoms with Crippen molar-refractivity contribution >= 4 is 47.1 Å². The summed E-state index contributed by atoms with van der Waals surface area (Å²) < 4.78 is 31.3. The lowest BCUT2D eigenvalue weighted by Crippen LogP contribution is -2.44. The molecule has 0 unspecified atom stereocenters. The lowest BCUT2D eigenvalue weighted by molar-refractivity contribution is -0.143. The molecule has 0 aliphatic carbocycles. The second kappa shape index (κ2) is 19.4. The Morgan fingerprint density at radius 1 is 0.982 bits per heavy atom. The maximum Gasteiger partial charge on any atom is 0.326 e. The number of aromatic nitrogens is 1. The number of benzene rings is 2. The molecule has 3 aromatic rings. The highest BCUT2D eigenvalue weighted by atomic mass is 32.2. The Hall–Kier alpha value is -5.15. The summed E-state index contributed by atoms with van der Waals surface area (Å²) in [5, 5.41) is 12.0.